The fourth-order valence-electron chi connectivity index (χ4n) is 0.944. The Kier molecular flexibility index (Phi) is 4.30. The lowest BCUT2D eigenvalue weighted by molar-refractivity contribution is 0.102. The summed E-state index contributed by atoms with van der Waals surface area (Å²) in [6.07, 6.45) is -0.533. The van der Waals surface area contributed by atoms with Gasteiger partial charge in [0.15, 0.2) is 5.78 Å². The summed E-state index contributed by atoms with van der Waals surface area (Å²) in [5.74, 6) is 0.391. The molecule has 0 aliphatic rings. The van der Waals surface area contributed by atoms with E-state index in [1.165, 1.54) is 7.05 Å². The molecule has 0 saturated carbocycles. The summed E-state index contributed by atoms with van der Waals surface area (Å²) in [6, 6.07) is 6.38. The van der Waals surface area contributed by atoms with Crippen LogP contribution in [0.3, 0.4) is 0 Å². The summed E-state index contributed by atoms with van der Waals surface area (Å²) in [5, 5.41) is 2.61. The number of Topliss-reactive ketones (excluding diaryl/α,β-unsaturated/α-hetero) is 1. The molecule has 1 aromatic carbocycles. The maximum absolute atomic E-state index is 11.2. The van der Waals surface area contributed by atoms with Gasteiger partial charge in [-0.25, -0.2) is 4.79 Å². The van der Waals surface area contributed by atoms with Crippen molar-refractivity contribution in [3.8, 4) is 5.75 Å². The van der Waals surface area contributed by atoms with Gasteiger partial charge in [0.1, 0.15) is 5.75 Å². The van der Waals surface area contributed by atoms with Gasteiger partial charge >= 0.3 is 6.09 Å². The van der Waals surface area contributed by atoms with Gasteiger partial charge in [0.05, 0.1) is 5.33 Å². The van der Waals surface area contributed by atoms with E-state index in [0.717, 1.165) is 0 Å². The third-order valence-electron chi connectivity index (χ3n) is 1.71. The number of benzene rings is 1. The van der Waals surface area contributed by atoms with Gasteiger partial charge in [-0.3, -0.25) is 4.79 Å². The molecular weight excluding hydrogens is 262 g/mol. The Hall–Kier alpha value is -1.36. The van der Waals surface area contributed by atoms with Crippen LogP contribution in [-0.2, 0) is 0 Å². The quantitative estimate of drug-likeness (QED) is 0.676. The highest BCUT2D eigenvalue weighted by Crippen LogP contribution is 2.13. The van der Waals surface area contributed by atoms with Gasteiger partial charge in [0.2, 0.25) is 0 Å². The van der Waals surface area contributed by atoms with Crippen LogP contribution in [0.2, 0.25) is 0 Å². The van der Waals surface area contributed by atoms with Crippen molar-refractivity contribution in [2.45, 2.75) is 0 Å². The second-order valence-corrected chi connectivity index (χ2v) is 3.28. The molecule has 0 atom stereocenters. The van der Waals surface area contributed by atoms with Crippen LogP contribution in [0.15, 0.2) is 24.3 Å². The predicted molar refractivity (Wildman–Crippen MR) is 59.7 cm³/mol. The van der Waals surface area contributed by atoms with E-state index in [2.05, 4.69) is 21.2 Å². The molecule has 1 amide bonds. The predicted octanol–water partition coefficient (Wildman–Crippen LogP) is 1.98. The molecule has 0 unspecified atom stereocenters. The Morgan fingerprint density at radius 3 is 2.40 bits per heavy atom. The Morgan fingerprint density at radius 1 is 1.33 bits per heavy atom. The van der Waals surface area contributed by atoms with Crippen molar-refractivity contribution in [2.75, 3.05) is 12.4 Å². The van der Waals surface area contributed by atoms with Crippen molar-refractivity contribution in [3.05, 3.63) is 29.8 Å². The Labute approximate surface area is 95.7 Å². The molecule has 0 aliphatic carbocycles. The van der Waals surface area contributed by atoms with Crippen LogP contribution >= 0.6 is 15.9 Å². The number of halogens is 1. The molecule has 0 aliphatic heterocycles. The molecule has 1 rings (SSSR count). The van der Waals surface area contributed by atoms with E-state index in [9.17, 15) is 9.59 Å². The van der Waals surface area contributed by atoms with Crippen molar-refractivity contribution in [3.63, 3.8) is 0 Å². The lowest BCUT2D eigenvalue weighted by Gasteiger charge is -2.03. The molecule has 1 N–H and O–H groups in total. The van der Waals surface area contributed by atoms with Gasteiger partial charge < -0.3 is 10.1 Å². The van der Waals surface area contributed by atoms with Gasteiger partial charge in [-0.15, -0.1) is 0 Å². The minimum absolute atomic E-state index is 0.0125. The molecule has 4 nitrogen and oxygen atoms in total. The number of hydrogen-bond donors (Lipinski definition) is 1. The molecule has 1 aromatic rings. The highest BCUT2D eigenvalue weighted by Gasteiger charge is 2.05. The normalized spacial score (nSPS) is 9.47. The highest BCUT2D eigenvalue weighted by molar-refractivity contribution is 9.09. The summed E-state index contributed by atoms with van der Waals surface area (Å²) >= 11 is 3.08. The zero-order valence-electron chi connectivity index (χ0n) is 8.12. The number of hydrogen-bond acceptors (Lipinski definition) is 3. The third-order valence-corrected chi connectivity index (χ3v) is 2.22. The number of ether oxygens (including phenoxy) is 1. The molecular formula is C10H10BrNO3. The van der Waals surface area contributed by atoms with Crippen LogP contribution in [-0.4, -0.2) is 24.3 Å². The molecule has 0 heterocycles. The molecule has 0 fully saturated rings. The van der Waals surface area contributed by atoms with Crippen molar-refractivity contribution >= 4 is 27.8 Å². The van der Waals surface area contributed by atoms with Crippen LogP contribution in [0.4, 0.5) is 4.79 Å². The lowest BCUT2D eigenvalue weighted by atomic mass is 10.1. The Morgan fingerprint density at radius 2 is 1.93 bits per heavy atom. The molecule has 0 radical (unpaired) electrons. The monoisotopic (exact) mass is 271 g/mol. The van der Waals surface area contributed by atoms with E-state index >= 15 is 0 Å². The average Bonchev–Trinajstić information content (AvgIpc) is 2.29. The maximum Gasteiger partial charge on any atom is 0.412 e. The van der Waals surface area contributed by atoms with Crippen molar-refractivity contribution < 1.29 is 14.3 Å². The maximum atomic E-state index is 11.2. The number of carbonyl (C=O) groups is 2. The third kappa shape index (κ3) is 3.36. The number of alkyl halides is 1. The van der Waals surface area contributed by atoms with E-state index in [1.807, 2.05) is 0 Å². The van der Waals surface area contributed by atoms with E-state index in [4.69, 9.17) is 4.74 Å². The molecule has 0 bridgehead atoms. The lowest BCUT2D eigenvalue weighted by Crippen LogP contribution is -2.22. The first-order chi connectivity index (χ1) is 7.17. The largest absolute Gasteiger partial charge is 0.412 e. The summed E-state index contributed by atoms with van der Waals surface area (Å²) in [6.45, 7) is 0. The molecule has 0 aromatic heterocycles. The number of rotatable bonds is 3. The van der Waals surface area contributed by atoms with Crippen LogP contribution in [0, 0.1) is 0 Å². The minimum Gasteiger partial charge on any atom is -0.410 e. The number of nitrogens with one attached hydrogen (secondary N) is 1. The fraction of sp³-hybridized carbons (Fsp3) is 0.200. The zero-order chi connectivity index (χ0) is 11.3. The minimum atomic E-state index is -0.533. The second kappa shape index (κ2) is 5.50. The molecule has 0 spiro atoms. The fourth-order valence-corrected chi connectivity index (χ4v) is 1.27. The van der Waals surface area contributed by atoms with Crippen LogP contribution < -0.4 is 10.1 Å². The number of ketones is 1. The zero-order valence-corrected chi connectivity index (χ0v) is 9.71. The molecule has 5 heteroatoms. The van der Waals surface area contributed by atoms with Gasteiger partial charge in [-0.05, 0) is 24.3 Å². The van der Waals surface area contributed by atoms with E-state index < -0.39 is 6.09 Å². The highest BCUT2D eigenvalue weighted by atomic mass is 79.9. The van der Waals surface area contributed by atoms with E-state index in [1.54, 1.807) is 24.3 Å². The molecule has 80 valence electrons. The van der Waals surface area contributed by atoms with Gasteiger partial charge in [0.25, 0.3) is 0 Å². The van der Waals surface area contributed by atoms with E-state index in [0.29, 0.717) is 11.3 Å². The average molecular weight is 272 g/mol. The van der Waals surface area contributed by atoms with E-state index in [-0.39, 0.29) is 11.1 Å². The van der Waals surface area contributed by atoms with Gasteiger partial charge in [0, 0.05) is 12.6 Å². The van der Waals surface area contributed by atoms with Crippen molar-refractivity contribution in [1.82, 2.24) is 5.32 Å². The molecule has 15 heavy (non-hydrogen) atoms. The van der Waals surface area contributed by atoms with Crippen LogP contribution in [0.25, 0.3) is 0 Å². The summed E-state index contributed by atoms with van der Waals surface area (Å²) in [7, 11) is 1.48. The first kappa shape index (κ1) is 11.7. The topological polar surface area (TPSA) is 55.4 Å². The molecule has 0 saturated heterocycles. The Balaban J connectivity index is 2.72. The first-order valence-electron chi connectivity index (χ1n) is 4.26. The number of carbonyl (C=O) groups excluding carboxylic acids is 2. The number of amides is 1. The smallest absolute Gasteiger partial charge is 0.410 e. The van der Waals surface area contributed by atoms with Crippen molar-refractivity contribution in [1.29, 1.82) is 0 Å². The summed E-state index contributed by atoms with van der Waals surface area (Å²) < 4.78 is 4.86. The van der Waals surface area contributed by atoms with Crippen LogP contribution in [0.1, 0.15) is 10.4 Å². The van der Waals surface area contributed by atoms with Gasteiger partial charge in [-0.2, -0.15) is 0 Å². The van der Waals surface area contributed by atoms with Crippen molar-refractivity contribution in [2.24, 2.45) is 0 Å². The van der Waals surface area contributed by atoms with Gasteiger partial charge in [-0.1, -0.05) is 15.9 Å². The Bertz CT molecular complexity index is 361. The van der Waals surface area contributed by atoms with Crippen LogP contribution in [0.5, 0.6) is 5.75 Å². The first-order valence-corrected chi connectivity index (χ1v) is 5.38. The second-order valence-electron chi connectivity index (χ2n) is 2.72. The standard InChI is InChI=1S/C10H10BrNO3/c1-12-10(14)15-8-4-2-7(3-5-8)9(13)6-11/h2-5H,6H2,1H3,(H,12,14). The summed E-state index contributed by atoms with van der Waals surface area (Å²) in [5.41, 5.74) is 0.580. The summed E-state index contributed by atoms with van der Waals surface area (Å²) in [4.78, 5) is 22.1. The SMILES string of the molecule is CNC(=O)Oc1ccc(C(=O)CBr)cc1.